The lowest BCUT2D eigenvalue weighted by atomic mass is 10.1. The number of aryl methyl sites for hydroxylation is 2. The SMILES string of the molecule is CCn1c(=O)c(C)nc2cc(C(=O)NCCSCc3ccsc3)ccc21. The van der Waals surface area contributed by atoms with Crippen molar-refractivity contribution in [1.82, 2.24) is 14.9 Å². The van der Waals surface area contributed by atoms with Crippen LogP contribution in [0.25, 0.3) is 11.0 Å². The van der Waals surface area contributed by atoms with Crippen LogP contribution < -0.4 is 10.9 Å². The highest BCUT2D eigenvalue weighted by Gasteiger charge is 2.11. The van der Waals surface area contributed by atoms with Crippen LogP contribution in [-0.4, -0.2) is 27.8 Å². The second kappa shape index (κ2) is 8.51. The van der Waals surface area contributed by atoms with Gasteiger partial charge in [0.25, 0.3) is 11.5 Å². The van der Waals surface area contributed by atoms with Crippen LogP contribution in [0.2, 0.25) is 0 Å². The van der Waals surface area contributed by atoms with E-state index in [2.05, 4.69) is 27.1 Å². The highest BCUT2D eigenvalue weighted by Crippen LogP contribution is 2.15. The van der Waals surface area contributed by atoms with Gasteiger partial charge in [-0.3, -0.25) is 9.59 Å². The van der Waals surface area contributed by atoms with Crippen LogP contribution in [0.1, 0.15) is 28.5 Å². The van der Waals surface area contributed by atoms with Gasteiger partial charge < -0.3 is 9.88 Å². The molecule has 0 radical (unpaired) electrons. The molecule has 5 nitrogen and oxygen atoms in total. The molecule has 2 aromatic heterocycles. The Bertz CT molecular complexity index is 965. The molecule has 3 rings (SSSR count). The van der Waals surface area contributed by atoms with Crippen LogP contribution in [-0.2, 0) is 12.3 Å². The maximum Gasteiger partial charge on any atom is 0.272 e. The molecule has 3 aromatic rings. The Morgan fingerprint density at radius 2 is 2.19 bits per heavy atom. The maximum absolute atomic E-state index is 12.4. The minimum absolute atomic E-state index is 0.0835. The standard InChI is InChI=1S/C19H21N3O2S2/c1-3-22-17-5-4-15(10-16(17)21-13(2)19(22)24)18(23)20-7-9-26-12-14-6-8-25-11-14/h4-6,8,10-11H,3,7,9,12H2,1-2H3,(H,20,23). The molecule has 0 aliphatic heterocycles. The van der Waals surface area contributed by atoms with Crippen LogP contribution in [0.5, 0.6) is 0 Å². The van der Waals surface area contributed by atoms with Gasteiger partial charge in [0.15, 0.2) is 0 Å². The van der Waals surface area contributed by atoms with Crippen LogP contribution in [0.15, 0.2) is 39.8 Å². The third-order valence-corrected chi connectivity index (χ3v) is 5.83. The summed E-state index contributed by atoms with van der Waals surface area (Å²) < 4.78 is 1.68. The van der Waals surface area contributed by atoms with E-state index in [4.69, 9.17) is 0 Å². The van der Waals surface area contributed by atoms with Crippen molar-refractivity contribution in [2.75, 3.05) is 12.3 Å². The molecule has 0 saturated carbocycles. The summed E-state index contributed by atoms with van der Waals surface area (Å²) in [6, 6.07) is 7.42. The molecule has 0 saturated heterocycles. The van der Waals surface area contributed by atoms with Crippen molar-refractivity contribution in [1.29, 1.82) is 0 Å². The molecule has 0 fully saturated rings. The molecular formula is C19H21N3O2S2. The summed E-state index contributed by atoms with van der Waals surface area (Å²) in [5, 5.41) is 7.16. The third kappa shape index (κ3) is 4.16. The van der Waals surface area contributed by atoms with E-state index in [9.17, 15) is 9.59 Å². The predicted octanol–water partition coefficient (Wildman–Crippen LogP) is 3.45. The number of hydrogen-bond acceptors (Lipinski definition) is 5. The molecule has 0 bridgehead atoms. The molecular weight excluding hydrogens is 366 g/mol. The first-order valence-corrected chi connectivity index (χ1v) is 10.6. The monoisotopic (exact) mass is 387 g/mol. The molecule has 1 N–H and O–H groups in total. The molecule has 0 aliphatic carbocycles. The van der Waals surface area contributed by atoms with Crippen molar-refractivity contribution in [3.63, 3.8) is 0 Å². The van der Waals surface area contributed by atoms with Gasteiger partial charge in [-0.15, -0.1) is 0 Å². The molecule has 0 spiro atoms. The molecule has 0 aliphatic rings. The first-order chi connectivity index (χ1) is 12.6. The predicted molar refractivity (Wildman–Crippen MR) is 109 cm³/mol. The van der Waals surface area contributed by atoms with Gasteiger partial charge in [0.2, 0.25) is 0 Å². The van der Waals surface area contributed by atoms with Crippen molar-refractivity contribution < 1.29 is 4.79 Å². The Hall–Kier alpha value is -2.12. The Labute approximate surface area is 160 Å². The Balaban J connectivity index is 1.63. The van der Waals surface area contributed by atoms with Gasteiger partial charge in [0.1, 0.15) is 5.69 Å². The quantitative estimate of drug-likeness (QED) is 0.631. The molecule has 0 atom stereocenters. The normalized spacial score (nSPS) is 11.0. The first-order valence-electron chi connectivity index (χ1n) is 8.48. The molecule has 1 aromatic carbocycles. The molecule has 0 unspecified atom stereocenters. The van der Waals surface area contributed by atoms with E-state index in [1.54, 1.807) is 52.8 Å². The van der Waals surface area contributed by atoms with E-state index in [1.165, 1.54) is 5.56 Å². The maximum atomic E-state index is 12.4. The summed E-state index contributed by atoms with van der Waals surface area (Å²) in [5.74, 6) is 1.71. The summed E-state index contributed by atoms with van der Waals surface area (Å²) in [7, 11) is 0. The van der Waals surface area contributed by atoms with Gasteiger partial charge in [-0.1, -0.05) is 0 Å². The van der Waals surface area contributed by atoms with Gasteiger partial charge in [-0.05, 0) is 54.4 Å². The van der Waals surface area contributed by atoms with Crippen LogP contribution in [0.3, 0.4) is 0 Å². The first kappa shape index (κ1) is 18.7. The fourth-order valence-corrected chi connectivity index (χ4v) is 4.31. The lowest BCUT2D eigenvalue weighted by Crippen LogP contribution is -2.26. The van der Waals surface area contributed by atoms with E-state index in [1.807, 2.05) is 6.92 Å². The minimum Gasteiger partial charge on any atom is -0.351 e. The number of rotatable bonds is 7. The largest absolute Gasteiger partial charge is 0.351 e. The van der Waals surface area contributed by atoms with Crippen molar-refractivity contribution in [3.8, 4) is 0 Å². The highest BCUT2D eigenvalue weighted by molar-refractivity contribution is 7.98. The zero-order chi connectivity index (χ0) is 18.5. The average molecular weight is 388 g/mol. The smallest absolute Gasteiger partial charge is 0.272 e. The van der Waals surface area contributed by atoms with Crippen LogP contribution in [0.4, 0.5) is 0 Å². The van der Waals surface area contributed by atoms with Gasteiger partial charge in [-0.2, -0.15) is 23.1 Å². The molecule has 136 valence electrons. The van der Waals surface area contributed by atoms with Crippen molar-refractivity contribution in [2.24, 2.45) is 0 Å². The number of carbonyl (C=O) groups excluding carboxylic acids is 1. The fraction of sp³-hybridized carbons (Fsp3) is 0.316. The van der Waals surface area contributed by atoms with Crippen LogP contribution in [0, 0.1) is 6.92 Å². The van der Waals surface area contributed by atoms with E-state index in [-0.39, 0.29) is 11.5 Å². The van der Waals surface area contributed by atoms with E-state index in [0.29, 0.717) is 29.9 Å². The lowest BCUT2D eigenvalue weighted by Gasteiger charge is -2.10. The fourth-order valence-electron chi connectivity index (χ4n) is 2.73. The van der Waals surface area contributed by atoms with Gasteiger partial charge in [0, 0.05) is 30.2 Å². The van der Waals surface area contributed by atoms with Gasteiger partial charge >= 0.3 is 0 Å². The topological polar surface area (TPSA) is 64.0 Å². The number of benzene rings is 1. The lowest BCUT2D eigenvalue weighted by molar-refractivity contribution is 0.0956. The Kier molecular flexibility index (Phi) is 6.11. The molecule has 2 heterocycles. The summed E-state index contributed by atoms with van der Waals surface area (Å²) in [5.41, 5.74) is 3.67. The Morgan fingerprint density at radius 1 is 1.35 bits per heavy atom. The third-order valence-electron chi connectivity index (χ3n) is 4.07. The second-order valence-corrected chi connectivity index (χ2v) is 7.78. The number of nitrogens with one attached hydrogen (secondary N) is 1. The van der Waals surface area contributed by atoms with E-state index in [0.717, 1.165) is 17.0 Å². The summed E-state index contributed by atoms with van der Waals surface area (Å²) in [4.78, 5) is 28.9. The summed E-state index contributed by atoms with van der Waals surface area (Å²) >= 11 is 3.50. The number of amides is 1. The number of nitrogens with zero attached hydrogens (tertiary/aromatic N) is 2. The van der Waals surface area contributed by atoms with E-state index >= 15 is 0 Å². The van der Waals surface area contributed by atoms with Crippen molar-refractivity contribution in [2.45, 2.75) is 26.1 Å². The molecule has 7 heteroatoms. The van der Waals surface area contributed by atoms with Gasteiger partial charge in [-0.25, -0.2) is 4.98 Å². The second-order valence-electron chi connectivity index (χ2n) is 5.89. The number of aromatic nitrogens is 2. The number of hydrogen-bond donors (Lipinski definition) is 1. The highest BCUT2D eigenvalue weighted by atomic mass is 32.2. The summed E-state index contributed by atoms with van der Waals surface area (Å²) in [6.07, 6.45) is 0. The zero-order valence-electron chi connectivity index (χ0n) is 14.8. The Morgan fingerprint density at radius 3 is 2.92 bits per heavy atom. The number of thioether (sulfide) groups is 1. The van der Waals surface area contributed by atoms with Crippen molar-refractivity contribution >= 4 is 40.0 Å². The van der Waals surface area contributed by atoms with Gasteiger partial charge in [0.05, 0.1) is 11.0 Å². The van der Waals surface area contributed by atoms with Crippen LogP contribution >= 0.6 is 23.1 Å². The number of carbonyl (C=O) groups is 1. The minimum atomic E-state index is -0.114. The number of fused-ring (bicyclic) bond motifs is 1. The van der Waals surface area contributed by atoms with Crippen molar-refractivity contribution in [3.05, 3.63) is 62.2 Å². The summed E-state index contributed by atoms with van der Waals surface area (Å²) in [6.45, 7) is 4.82. The molecule has 1 amide bonds. The average Bonchev–Trinajstić information content (AvgIpc) is 3.15. The van der Waals surface area contributed by atoms with E-state index < -0.39 is 0 Å². The molecule has 26 heavy (non-hydrogen) atoms. The number of thiophene rings is 1. The zero-order valence-corrected chi connectivity index (χ0v) is 16.5.